The second-order valence-corrected chi connectivity index (χ2v) is 4.30. The lowest BCUT2D eigenvalue weighted by Crippen LogP contribution is -2.41. The fourth-order valence-electron chi connectivity index (χ4n) is 1.45. The predicted octanol–water partition coefficient (Wildman–Crippen LogP) is 2.06. The largest absolute Gasteiger partial charge is 0.354 e. The highest BCUT2D eigenvalue weighted by Crippen LogP contribution is 2.11. The molecule has 0 saturated carbocycles. The van der Waals surface area contributed by atoms with Crippen molar-refractivity contribution in [1.29, 1.82) is 0 Å². The second kappa shape index (κ2) is 7.35. The van der Waals surface area contributed by atoms with E-state index < -0.39 is 4.92 Å². The topological polar surface area (TPSA) is 79.6 Å². The van der Waals surface area contributed by atoms with Gasteiger partial charge in [0.15, 0.2) is 5.96 Å². The molecule has 0 bridgehead atoms. The van der Waals surface area contributed by atoms with E-state index in [0.29, 0.717) is 12.6 Å². The first-order valence-corrected chi connectivity index (χ1v) is 6.27. The van der Waals surface area contributed by atoms with Crippen LogP contribution < -0.4 is 10.6 Å². The van der Waals surface area contributed by atoms with Crippen molar-refractivity contribution in [3.05, 3.63) is 39.9 Å². The summed E-state index contributed by atoms with van der Waals surface area (Å²) in [5.74, 6) is 0.729. The van der Waals surface area contributed by atoms with Crippen molar-refractivity contribution in [3.63, 3.8) is 0 Å². The Kier molecular flexibility index (Phi) is 5.78. The Hall–Kier alpha value is -2.11. The third-order valence-electron chi connectivity index (χ3n) is 2.83. The van der Waals surface area contributed by atoms with Gasteiger partial charge in [-0.05, 0) is 18.9 Å². The molecular weight excluding hydrogens is 244 g/mol. The summed E-state index contributed by atoms with van der Waals surface area (Å²) in [5, 5.41) is 17.0. The normalized spacial score (nSPS) is 12.9. The smallest absolute Gasteiger partial charge is 0.269 e. The second-order valence-electron chi connectivity index (χ2n) is 4.30. The molecule has 0 fully saturated rings. The van der Waals surface area contributed by atoms with E-state index in [2.05, 4.69) is 29.5 Å². The molecule has 0 saturated heterocycles. The van der Waals surface area contributed by atoms with Crippen LogP contribution in [0.15, 0.2) is 29.3 Å². The minimum absolute atomic E-state index is 0.103. The summed E-state index contributed by atoms with van der Waals surface area (Å²) >= 11 is 0. The zero-order valence-electron chi connectivity index (χ0n) is 11.5. The zero-order chi connectivity index (χ0) is 14.3. The highest BCUT2D eigenvalue weighted by atomic mass is 16.6. The molecule has 0 heterocycles. The van der Waals surface area contributed by atoms with Gasteiger partial charge >= 0.3 is 0 Å². The summed E-state index contributed by atoms with van der Waals surface area (Å²) in [4.78, 5) is 14.3. The van der Waals surface area contributed by atoms with Crippen LogP contribution in [0.4, 0.5) is 5.69 Å². The van der Waals surface area contributed by atoms with E-state index in [1.165, 1.54) is 12.1 Å². The highest BCUT2D eigenvalue weighted by Gasteiger charge is 2.05. The van der Waals surface area contributed by atoms with Gasteiger partial charge in [0, 0.05) is 31.8 Å². The Morgan fingerprint density at radius 2 is 2.05 bits per heavy atom. The average Bonchev–Trinajstić information content (AvgIpc) is 2.43. The Morgan fingerprint density at radius 3 is 2.53 bits per heavy atom. The molecule has 1 aromatic rings. The van der Waals surface area contributed by atoms with Crippen LogP contribution in [-0.2, 0) is 6.54 Å². The minimum atomic E-state index is -0.402. The van der Waals surface area contributed by atoms with E-state index in [0.717, 1.165) is 17.9 Å². The maximum absolute atomic E-state index is 10.5. The lowest BCUT2D eigenvalue weighted by Gasteiger charge is -2.16. The average molecular weight is 264 g/mol. The maximum atomic E-state index is 10.5. The van der Waals surface area contributed by atoms with E-state index in [9.17, 15) is 10.1 Å². The van der Waals surface area contributed by atoms with Crippen molar-refractivity contribution in [3.8, 4) is 0 Å². The van der Waals surface area contributed by atoms with Crippen LogP contribution in [0.3, 0.4) is 0 Å². The number of benzene rings is 1. The van der Waals surface area contributed by atoms with E-state index in [1.54, 1.807) is 19.2 Å². The predicted molar refractivity (Wildman–Crippen MR) is 76.2 cm³/mol. The Bertz CT molecular complexity index is 442. The van der Waals surface area contributed by atoms with Crippen LogP contribution in [0, 0.1) is 10.1 Å². The van der Waals surface area contributed by atoms with Crippen LogP contribution in [0.25, 0.3) is 0 Å². The molecular formula is C13H20N4O2. The SMILES string of the molecule is CCC(C)NC(=NC)NCc1ccc([N+](=O)[O-])cc1. The Balaban J connectivity index is 2.53. The molecule has 1 atom stereocenters. The molecule has 0 amide bonds. The molecule has 0 radical (unpaired) electrons. The first-order chi connectivity index (χ1) is 9.06. The number of hydrogen-bond donors (Lipinski definition) is 2. The van der Waals surface area contributed by atoms with Gasteiger partial charge in [-0.15, -0.1) is 0 Å². The van der Waals surface area contributed by atoms with Crippen LogP contribution >= 0.6 is 0 Å². The molecule has 6 nitrogen and oxygen atoms in total. The molecule has 0 spiro atoms. The van der Waals surface area contributed by atoms with Crippen molar-refractivity contribution in [2.75, 3.05) is 7.05 Å². The van der Waals surface area contributed by atoms with Crippen molar-refractivity contribution in [2.24, 2.45) is 4.99 Å². The molecule has 1 rings (SSSR count). The van der Waals surface area contributed by atoms with Crippen LogP contribution in [0.5, 0.6) is 0 Å². The van der Waals surface area contributed by atoms with E-state index in [1.807, 2.05) is 0 Å². The number of guanidine groups is 1. The molecule has 2 N–H and O–H groups in total. The number of nitro benzene ring substituents is 1. The molecule has 19 heavy (non-hydrogen) atoms. The quantitative estimate of drug-likeness (QED) is 0.369. The van der Waals surface area contributed by atoms with Gasteiger partial charge in [0.05, 0.1) is 4.92 Å². The fourth-order valence-corrected chi connectivity index (χ4v) is 1.45. The summed E-state index contributed by atoms with van der Waals surface area (Å²) in [5.41, 5.74) is 1.07. The number of nitrogens with one attached hydrogen (secondary N) is 2. The number of aliphatic imine (C=N–C) groups is 1. The first kappa shape index (κ1) is 14.9. The third kappa shape index (κ3) is 4.95. The van der Waals surface area contributed by atoms with Crippen LogP contribution in [0.1, 0.15) is 25.8 Å². The minimum Gasteiger partial charge on any atom is -0.354 e. The summed E-state index contributed by atoms with van der Waals surface area (Å²) in [6.45, 7) is 4.76. The summed E-state index contributed by atoms with van der Waals surface area (Å²) < 4.78 is 0. The standard InChI is InChI=1S/C13H20N4O2/c1-4-10(2)16-13(14-3)15-9-11-5-7-12(8-6-11)17(18)19/h5-8,10H,4,9H2,1-3H3,(H2,14,15,16). The number of rotatable bonds is 5. The van der Waals surface area contributed by atoms with E-state index >= 15 is 0 Å². The van der Waals surface area contributed by atoms with Gasteiger partial charge < -0.3 is 10.6 Å². The molecule has 1 aromatic carbocycles. The zero-order valence-corrected chi connectivity index (χ0v) is 11.5. The lowest BCUT2D eigenvalue weighted by molar-refractivity contribution is -0.384. The number of nitro groups is 1. The van der Waals surface area contributed by atoms with E-state index in [4.69, 9.17) is 0 Å². The number of non-ortho nitro benzene ring substituents is 1. The van der Waals surface area contributed by atoms with Gasteiger partial charge in [0.25, 0.3) is 5.69 Å². The molecule has 0 aliphatic heterocycles. The molecule has 0 aliphatic rings. The number of hydrogen-bond acceptors (Lipinski definition) is 3. The molecule has 0 aromatic heterocycles. The van der Waals surface area contributed by atoms with Crippen molar-refractivity contribution in [1.82, 2.24) is 10.6 Å². The molecule has 104 valence electrons. The fraction of sp³-hybridized carbons (Fsp3) is 0.462. The summed E-state index contributed by atoms with van der Waals surface area (Å²) in [7, 11) is 1.72. The van der Waals surface area contributed by atoms with E-state index in [-0.39, 0.29) is 5.69 Å². The van der Waals surface area contributed by atoms with Gasteiger partial charge in [-0.1, -0.05) is 19.1 Å². The summed E-state index contributed by atoms with van der Waals surface area (Å²) in [6, 6.07) is 6.83. The molecule has 6 heteroatoms. The van der Waals surface area contributed by atoms with Crippen LogP contribution in [-0.4, -0.2) is 24.0 Å². The summed E-state index contributed by atoms with van der Waals surface area (Å²) in [6.07, 6.45) is 1.01. The van der Waals surface area contributed by atoms with Crippen LogP contribution in [0.2, 0.25) is 0 Å². The lowest BCUT2D eigenvalue weighted by atomic mass is 10.2. The van der Waals surface area contributed by atoms with Crippen molar-refractivity contribution in [2.45, 2.75) is 32.9 Å². The van der Waals surface area contributed by atoms with Gasteiger partial charge in [0.2, 0.25) is 0 Å². The van der Waals surface area contributed by atoms with Gasteiger partial charge in [-0.25, -0.2) is 0 Å². The van der Waals surface area contributed by atoms with Crippen molar-refractivity contribution >= 4 is 11.6 Å². The highest BCUT2D eigenvalue weighted by molar-refractivity contribution is 5.79. The number of nitrogens with zero attached hydrogens (tertiary/aromatic N) is 2. The van der Waals surface area contributed by atoms with Gasteiger partial charge in [-0.2, -0.15) is 0 Å². The Labute approximate surface area is 113 Å². The van der Waals surface area contributed by atoms with Gasteiger partial charge in [0.1, 0.15) is 0 Å². The maximum Gasteiger partial charge on any atom is 0.269 e. The Morgan fingerprint density at radius 1 is 1.42 bits per heavy atom. The monoisotopic (exact) mass is 264 g/mol. The third-order valence-corrected chi connectivity index (χ3v) is 2.83. The molecule has 0 aliphatic carbocycles. The van der Waals surface area contributed by atoms with Gasteiger partial charge in [-0.3, -0.25) is 15.1 Å². The van der Waals surface area contributed by atoms with Crippen molar-refractivity contribution < 1.29 is 4.92 Å². The first-order valence-electron chi connectivity index (χ1n) is 6.27. The molecule has 1 unspecified atom stereocenters.